The van der Waals surface area contributed by atoms with Crippen LogP contribution in [0.25, 0.3) is 22.3 Å². The number of hydrogen-bond acceptors (Lipinski definition) is 6. The van der Waals surface area contributed by atoms with E-state index in [2.05, 4.69) is 9.88 Å². The van der Waals surface area contributed by atoms with Crippen LogP contribution in [0.2, 0.25) is 0 Å². The Balaban J connectivity index is 1.77. The molecule has 1 aromatic carbocycles. The molecule has 6 nitrogen and oxygen atoms in total. The predicted molar refractivity (Wildman–Crippen MR) is 103 cm³/mol. The molecule has 0 saturated carbocycles. The summed E-state index contributed by atoms with van der Waals surface area (Å²) < 4.78 is 0. The zero-order chi connectivity index (χ0) is 18.1. The van der Waals surface area contributed by atoms with Gasteiger partial charge in [-0.05, 0) is 44.8 Å². The van der Waals surface area contributed by atoms with Gasteiger partial charge in [0.05, 0.1) is 11.1 Å². The lowest BCUT2D eigenvalue weighted by molar-refractivity contribution is 0.0366. The average Bonchev–Trinajstić information content (AvgIpc) is 3.02. The first-order valence-electron chi connectivity index (χ1n) is 8.83. The number of likely N-dealkylation sites (N-methyl/N-ethyl adjacent to an activating group) is 1. The number of rotatable bonds is 4. The number of fused-ring (bicyclic) bond motifs is 1. The number of pyridine rings is 1. The summed E-state index contributed by atoms with van der Waals surface area (Å²) in [7, 11) is 3.97. The highest BCUT2D eigenvalue weighted by atomic mass is 16.3. The van der Waals surface area contributed by atoms with Crippen molar-refractivity contribution in [1.82, 2.24) is 19.9 Å². The van der Waals surface area contributed by atoms with Crippen LogP contribution in [-0.4, -0.2) is 64.3 Å². The number of benzene rings is 1. The fourth-order valence-corrected chi connectivity index (χ4v) is 3.68. The molecule has 3 aromatic rings. The van der Waals surface area contributed by atoms with Gasteiger partial charge in [0.2, 0.25) is 0 Å². The van der Waals surface area contributed by atoms with Gasteiger partial charge in [-0.3, -0.25) is 4.98 Å². The second-order valence-corrected chi connectivity index (χ2v) is 7.26. The molecule has 1 unspecified atom stereocenters. The normalized spacial score (nSPS) is 20.2. The summed E-state index contributed by atoms with van der Waals surface area (Å²) in [5.74, 6) is 1.54. The molecule has 0 spiro atoms. The third kappa shape index (κ3) is 3.25. The Bertz CT molecular complexity index is 914. The van der Waals surface area contributed by atoms with E-state index >= 15 is 0 Å². The average molecular weight is 349 g/mol. The Morgan fingerprint density at radius 1 is 1.15 bits per heavy atom. The van der Waals surface area contributed by atoms with E-state index in [0.717, 1.165) is 35.2 Å². The first kappa shape index (κ1) is 16.9. The zero-order valence-electron chi connectivity index (χ0n) is 15.1. The number of hydrogen-bond donors (Lipinski definition) is 1. The molecule has 4 rings (SSSR count). The standard InChI is InChI=1S/C20H23N5O/c1-24(2)13-20(26)9-11-25(14-20)19-16-7-3-4-8-17(16)22-18(23-19)15-6-5-10-21-12-15/h3-8,10,12,26H,9,11,13-14H2,1-2H3. The molecule has 26 heavy (non-hydrogen) atoms. The molecule has 0 radical (unpaired) electrons. The molecule has 0 bridgehead atoms. The maximum Gasteiger partial charge on any atom is 0.163 e. The number of nitrogens with zero attached hydrogens (tertiary/aromatic N) is 5. The Morgan fingerprint density at radius 2 is 2.00 bits per heavy atom. The lowest BCUT2D eigenvalue weighted by Gasteiger charge is -2.27. The largest absolute Gasteiger partial charge is 0.387 e. The third-order valence-corrected chi connectivity index (χ3v) is 4.75. The van der Waals surface area contributed by atoms with Gasteiger partial charge in [-0.1, -0.05) is 12.1 Å². The van der Waals surface area contributed by atoms with Crippen LogP contribution in [0, 0.1) is 0 Å². The van der Waals surface area contributed by atoms with Crippen molar-refractivity contribution in [3.8, 4) is 11.4 Å². The number of anilines is 1. The summed E-state index contributed by atoms with van der Waals surface area (Å²) in [5.41, 5.74) is 1.07. The molecule has 1 saturated heterocycles. The number of β-amino-alcohol motifs (C(OH)–C–C–N with tert-alkyl or cyclic N) is 1. The van der Waals surface area contributed by atoms with Crippen LogP contribution in [0.15, 0.2) is 48.8 Å². The van der Waals surface area contributed by atoms with Gasteiger partial charge in [-0.15, -0.1) is 0 Å². The van der Waals surface area contributed by atoms with Crippen molar-refractivity contribution >= 4 is 16.7 Å². The van der Waals surface area contributed by atoms with Crippen LogP contribution in [-0.2, 0) is 0 Å². The van der Waals surface area contributed by atoms with Crippen LogP contribution < -0.4 is 4.90 Å². The second kappa shape index (κ2) is 6.63. The Kier molecular flexibility index (Phi) is 4.30. The predicted octanol–water partition coefficient (Wildman–Crippen LogP) is 2.19. The van der Waals surface area contributed by atoms with E-state index < -0.39 is 5.60 Å². The fourth-order valence-electron chi connectivity index (χ4n) is 3.68. The molecule has 134 valence electrons. The summed E-state index contributed by atoms with van der Waals surface area (Å²) in [6.07, 6.45) is 4.25. The van der Waals surface area contributed by atoms with Crippen LogP contribution in [0.3, 0.4) is 0 Å². The van der Waals surface area contributed by atoms with E-state index in [4.69, 9.17) is 9.97 Å². The molecular formula is C20H23N5O. The van der Waals surface area contributed by atoms with Crippen molar-refractivity contribution in [3.63, 3.8) is 0 Å². The zero-order valence-corrected chi connectivity index (χ0v) is 15.1. The second-order valence-electron chi connectivity index (χ2n) is 7.26. The molecule has 2 aromatic heterocycles. The van der Waals surface area contributed by atoms with E-state index in [1.54, 1.807) is 12.4 Å². The van der Waals surface area contributed by atoms with Crippen molar-refractivity contribution in [3.05, 3.63) is 48.8 Å². The molecule has 1 aliphatic rings. The molecule has 1 aliphatic heterocycles. The molecule has 1 N–H and O–H groups in total. The molecule has 1 atom stereocenters. The van der Waals surface area contributed by atoms with Crippen molar-refractivity contribution in [2.45, 2.75) is 12.0 Å². The molecule has 3 heterocycles. The van der Waals surface area contributed by atoms with Gasteiger partial charge in [0.1, 0.15) is 5.82 Å². The monoisotopic (exact) mass is 349 g/mol. The maximum absolute atomic E-state index is 10.9. The van der Waals surface area contributed by atoms with Crippen LogP contribution in [0.4, 0.5) is 5.82 Å². The quantitative estimate of drug-likeness (QED) is 0.779. The van der Waals surface area contributed by atoms with Crippen LogP contribution >= 0.6 is 0 Å². The minimum absolute atomic E-state index is 0.568. The van der Waals surface area contributed by atoms with E-state index in [1.165, 1.54) is 0 Å². The lowest BCUT2D eigenvalue weighted by Crippen LogP contribution is -2.42. The van der Waals surface area contributed by atoms with Crippen molar-refractivity contribution in [2.24, 2.45) is 0 Å². The van der Waals surface area contributed by atoms with E-state index in [1.807, 2.05) is 55.4 Å². The molecule has 6 heteroatoms. The van der Waals surface area contributed by atoms with Gasteiger partial charge < -0.3 is 14.9 Å². The van der Waals surface area contributed by atoms with Crippen molar-refractivity contribution < 1.29 is 5.11 Å². The summed E-state index contributed by atoms with van der Waals surface area (Å²) in [6.45, 7) is 1.98. The van der Waals surface area contributed by atoms with Gasteiger partial charge in [-0.2, -0.15) is 0 Å². The Hall–Kier alpha value is -2.57. The van der Waals surface area contributed by atoms with Crippen molar-refractivity contribution in [2.75, 3.05) is 38.6 Å². The Labute approximate surface area is 153 Å². The summed E-state index contributed by atoms with van der Waals surface area (Å²) in [4.78, 5) is 18.0. The van der Waals surface area contributed by atoms with Gasteiger partial charge in [0, 0.05) is 43.0 Å². The summed E-state index contributed by atoms with van der Waals surface area (Å²) in [5, 5.41) is 11.9. The highest BCUT2D eigenvalue weighted by Crippen LogP contribution is 2.32. The first-order valence-corrected chi connectivity index (χ1v) is 8.83. The first-order chi connectivity index (χ1) is 12.5. The minimum Gasteiger partial charge on any atom is -0.387 e. The number of aliphatic hydroxyl groups is 1. The fraction of sp³-hybridized carbons (Fsp3) is 0.350. The van der Waals surface area contributed by atoms with E-state index in [-0.39, 0.29) is 0 Å². The van der Waals surface area contributed by atoms with Crippen LogP contribution in [0.1, 0.15) is 6.42 Å². The van der Waals surface area contributed by atoms with Gasteiger partial charge >= 0.3 is 0 Å². The SMILES string of the molecule is CN(C)CC1(O)CCN(c2nc(-c3cccnc3)nc3ccccc23)C1. The summed E-state index contributed by atoms with van der Waals surface area (Å²) >= 11 is 0. The smallest absolute Gasteiger partial charge is 0.163 e. The summed E-state index contributed by atoms with van der Waals surface area (Å²) in [6, 6.07) is 11.9. The third-order valence-electron chi connectivity index (χ3n) is 4.75. The topological polar surface area (TPSA) is 65.4 Å². The van der Waals surface area contributed by atoms with E-state index in [9.17, 15) is 5.11 Å². The minimum atomic E-state index is -0.718. The molecule has 0 aliphatic carbocycles. The van der Waals surface area contributed by atoms with E-state index in [0.29, 0.717) is 18.9 Å². The highest BCUT2D eigenvalue weighted by Gasteiger charge is 2.37. The number of para-hydroxylation sites is 1. The van der Waals surface area contributed by atoms with Gasteiger partial charge in [-0.25, -0.2) is 9.97 Å². The number of aromatic nitrogens is 3. The lowest BCUT2D eigenvalue weighted by atomic mass is 10.0. The van der Waals surface area contributed by atoms with Gasteiger partial charge in [0.15, 0.2) is 5.82 Å². The highest BCUT2D eigenvalue weighted by molar-refractivity contribution is 5.91. The molecule has 1 fully saturated rings. The molecule has 0 amide bonds. The molecular weight excluding hydrogens is 326 g/mol. The Morgan fingerprint density at radius 3 is 2.77 bits per heavy atom. The maximum atomic E-state index is 10.9. The van der Waals surface area contributed by atoms with Crippen LogP contribution in [0.5, 0.6) is 0 Å². The van der Waals surface area contributed by atoms with Gasteiger partial charge in [0.25, 0.3) is 0 Å². The van der Waals surface area contributed by atoms with Crippen molar-refractivity contribution in [1.29, 1.82) is 0 Å².